The maximum atomic E-state index is 2.61. The Bertz CT molecular complexity index is 909. The van der Waals surface area contributed by atoms with Crippen molar-refractivity contribution in [2.45, 2.75) is 29.2 Å². The Morgan fingerprint density at radius 2 is 1.74 bits per heavy atom. The lowest BCUT2D eigenvalue weighted by Gasteiger charge is -2.13. The first-order valence-corrected chi connectivity index (χ1v) is 9.20. The van der Waals surface area contributed by atoms with Gasteiger partial charge in [0.2, 0.25) is 0 Å². The molecule has 0 saturated heterocycles. The summed E-state index contributed by atoms with van der Waals surface area (Å²) in [4.78, 5) is 5.28. The molecule has 23 heavy (non-hydrogen) atoms. The number of aromatic nitrogens is 1. The molecule has 3 heterocycles. The number of hydrogen-bond acceptors (Lipinski definition) is 2. The number of rotatable bonds is 0. The van der Waals surface area contributed by atoms with Crippen LogP contribution in [0.25, 0.3) is 10.9 Å². The molecule has 3 heteroatoms. The molecule has 0 radical (unpaired) electrons. The van der Waals surface area contributed by atoms with Crippen LogP contribution in [-0.2, 0) is 19.4 Å². The molecule has 0 saturated carbocycles. The van der Waals surface area contributed by atoms with Crippen molar-refractivity contribution in [3.63, 3.8) is 0 Å². The van der Waals surface area contributed by atoms with E-state index in [9.17, 15) is 0 Å². The first kappa shape index (κ1) is 13.7. The molecule has 5 rings (SSSR count). The zero-order valence-corrected chi connectivity index (χ0v) is 14.2. The van der Waals surface area contributed by atoms with E-state index in [2.05, 4.69) is 59.0 Å². The zero-order valence-electron chi connectivity index (χ0n) is 13.4. The number of hydrogen-bond donors (Lipinski definition) is 0. The van der Waals surface area contributed by atoms with Crippen LogP contribution in [0.1, 0.15) is 16.8 Å². The van der Waals surface area contributed by atoms with Gasteiger partial charge in [0.25, 0.3) is 0 Å². The first-order chi connectivity index (χ1) is 11.3. The summed E-state index contributed by atoms with van der Waals surface area (Å²) in [6, 6.07) is 15.7. The molecular weight excluding hydrogens is 300 g/mol. The van der Waals surface area contributed by atoms with Crippen molar-refractivity contribution in [2.75, 3.05) is 20.1 Å². The Hall–Kier alpha value is -1.71. The van der Waals surface area contributed by atoms with Gasteiger partial charge in [-0.3, -0.25) is 0 Å². The number of nitrogens with zero attached hydrogens (tertiary/aromatic N) is 2. The second-order valence-electron chi connectivity index (χ2n) is 6.68. The largest absolute Gasteiger partial charge is 0.339 e. The predicted molar refractivity (Wildman–Crippen MR) is 96.5 cm³/mol. The van der Waals surface area contributed by atoms with E-state index in [1.54, 1.807) is 11.3 Å². The van der Waals surface area contributed by atoms with Crippen molar-refractivity contribution < 1.29 is 0 Å². The highest BCUT2D eigenvalue weighted by atomic mass is 32.2. The highest BCUT2D eigenvalue weighted by molar-refractivity contribution is 7.99. The van der Waals surface area contributed by atoms with Crippen LogP contribution in [0, 0.1) is 0 Å². The van der Waals surface area contributed by atoms with Gasteiger partial charge < -0.3 is 9.47 Å². The van der Waals surface area contributed by atoms with Crippen molar-refractivity contribution in [1.82, 2.24) is 9.47 Å². The third kappa shape index (κ3) is 2.07. The molecule has 2 aromatic carbocycles. The topological polar surface area (TPSA) is 8.17 Å². The van der Waals surface area contributed by atoms with Crippen LogP contribution in [0.4, 0.5) is 0 Å². The quantitative estimate of drug-likeness (QED) is 0.480. The number of fused-ring (bicyclic) bond motifs is 4. The molecule has 0 N–H and O–H groups in total. The monoisotopic (exact) mass is 320 g/mol. The fraction of sp³-hybridized carbons (Fsp3) is 0.300. The Morgan fingerprint density at radius 3 is 2.70 bits per heavy atom. The molecule has 2 aliphatic heterocycles. The summed E-state index contributed by atoms with van der Waals surface area (Å²) >= 11 is 1.93. The van der Waals surface area contributed by atoms with Crippen LogP contribution in [0.3, 0.4) is 0 Å². The minimum absolute atomic E-state index is 1.01. The summed E-state index contributed by atoms with van der Waals surface area (Å²) in [5.41, 5.74) is 6.06. The van der Waals surface area contributed by atoms with Gasteiger partial charge in [-0.25, -0.2) is 0 Å². The molecule has 116 valence electrons. The second kappa shape index (κ2) is 5.15. The molecule has 0 amide bonds. The van der Waals surface area contributed by atoms with Crippen LogP contribution in [-0.4, -0.2) is 29.6 Å². The highest BCUT2D eigenvalue weighted by Gasteiger charge is 2.24. The van der Waals surface area contributed by atoms with Gasteiger partial charge in [-0.15, -0.1) is 0 Å². The van der Waals surface area contributed by atoms with E-state index in [-0.39, 0.29) is 0 Å². The van der Waals surface area contributed by atoms with Gasteiger partial charge in [-0.05, 0) is 36.7 Å². The highest BCUT2D eigenvalue weighted by Crippen LogP contribution is 2.42. The van der Waals surface area contributed by atoms with E-state index in [4.69, 9.17) is 0 Å². The average Bonchev–Trinajstić information content (AvgIpc) is 2.69. The molecule has 2 nitrogen and oxygen atoms in total. The van der Waals surface area contributed by atoms with Crippen molar-refractivity contribution in [2.24, 2.45) is 0 Å². The summed E-state index contributed by atoms with van der Waals surface area (Å²) in [7, 11) is 2.24. The fourth-order valence-electron chi connectivity index (χ4n) is 4.05. The molecule has 0 unspecified atom stereocenters. The average molecular weight is 320 g/mol. The van der Waals surface area contributed by atoms with Crippen molar-refractivity contribution in [1.29, 1.82) is 0 Å². The lowest BCUT2D eigenvalue weighted by molar-refractivity contribution is 0.351. The van der Waals surface area contributed by atoms with Gasteiger partial charge >= 0.3 is 0 Å². The van der Waals surface area contributed by atoms with Crippen molar-refractivity contribution in [3.05, 3.63) is 59.3 Å². The standard InChI is InChI=1S/C20H20N2S/c1-21-11-9-15-16-6-4-8-19-20(16)22(17(15)10-12-21)13-14-5-2-3-7-18(14)23-19/h2-8H,9-13H2,1H3. The van der Waals surface area contributed by atoms with Gasteiger partial charge in [0.1, 0.15) is 0 Å². The van der Waals surface area contributed by atoms with Crippen LogP contribution < -0.4 is 0 Å². The Labute approximate surface area is 141 Å². The van der Waals surface area contributed by atoms with Crippen LogP contribution >= 0.6 is 11.8 Å². The molecule has 0 spiro atoms. The summed E-state index contributed by atoms with van der Waals surface area (Å²) in [5, 5.41) is 1.48. The van der Waals surface area contributed by atoms with E-state index >= 15 is 0 Å². The van der Waals surface area contributed by atoms with Gasteiger partial charge in [0.15, 0.2) is 0 Å². The summed E-state index contributed by atoms with van der Waals surface area (Å²) in [6.45, 7) is 3.34. The van der Waals surface area contributed by atoms with E-state index in [1.807, 2.05) is 11.8 Å². The SMILES string of the molecule is CN1CCc2c(n3c4c(cccc24)Sc2ccccc2C3)CC1. The second-order valence-corrected chi connectivity index (χ2v) is 7.76. The summed E-state index contributed by atoms with van der Waals surface area (Å²) in [5.74, 6) is 0. The van der Waals surface area contributed by atoms with E-state index < -0.39 is 0 Å². The third-order valence-corrected chi connectivity index (χ3v) is 6.43. The molecule has 0 bridgehead atoms. The van der Waals surface area contributed by atoms with Crippen LogP contribution in [0.15, 0.2) is 52.3 Å². The number of para-hydroxylation sites is 1. The maximum Gasteiger partial charge on any atom is 0.0630 e. The first-order valence-electron chi connectivity index (χ1n) is 8.38. The third-order valence-electron chi connectivity index (χ3n) is 5.26. The summed E-state index contributed by atoms with van der Waals surface area (Å²) in [6.07, 6.45) is 2.33. The summed E-state index contributed by atoms with van der Waals surface area (Å²) < 4.78 is 2.61. The lowest BCUT2D eigenvalue weighted by atomic mass is 10.1. The minimum atomic E-state index is 1.01. The molecular formula is C20H20N2S. The van der Waals surface area contributed by atoms with Gasteiger partial charge in [0.05, 0.1) is 5.52 Å². The maximum absolute atomic E-state index is 2.61. The van der Waals surface area contributed by atoms with Gasteiger partial charge in [0, 0.05) is 46.9 Å². The normalized spacial score (nSPS) is 17.4. The Kier molecular flexibility index (Phi) is 3.07. The van der Waals surface area contributed by atoms with Gasteiger partial charge in [-0.1, -0.05) is 42.1 Å². The van der Waals surface area contributed by atoms with Crippen LogP contribution in [0.2, 0.25) is 0 Å². The smallest absolute Gasteiger partial charge is 0.0630 e. The van der Waals surface area contributed by atoms with Crippen molar-refractivity contribution >= 4 is 22.7 Å². The fourth-order valence-corrected chi connectivity index (χ4v) is 5.16. The number of likely N-dealkylation sites (N-methyl/N-ethyl adjacent to an activating group) is 1. The van der Waals surface area contributed by atoms with Gasteiger partial charge in [-0.2, -0.15) is 0 Å². The van der Waals surface area contributed by atoms with E-state index in [0.717, 1.165) is 19.5 Å². The number of benzene rings is 2. The van der Waals surface area contributed by atoms with E-state index in [1.165, 1.54) is 39.2 Å². The molecule has 2 aliphatic rings. The minimum Gasteiger partial charge on any atom is -0.339 e. The Morgan fingerprint density at radius 1 is 0.913 bits per heavy atom. The van der Waals surface area contributed by atoms with Crippen LogP contribution in [0.5, 0.6) is 0 Å². The molecule has 0 atom stereocenters. The molecule has 1 aromatic heterocycles. The van der Waals surface area contributed by atoms with Crippen molar-refractivity contribution in [3.8, 4) is 0 Å². The Balaban J connectivity index is 1.80. The zero-order chi connectivity index (χ0) is 15.4. The molecule has 0 fully saturated rings. The predicted octanol–water partition coefficient (Wildman–Crippen LogP) is 4.18. The molecule has 0 aliphatic carbocycles. The van der Waals surface area contributed by atoms with E-state index in [0.29, 0.717) is 0 Å². The molecule has 3 aromatic rings. The lowest BCUT2D eigenvalue weighted by Crippen LogP contribution is -2.21.